The van der Waals surface area contributed by atoms with Crippen LogP contribution in [0.1, 0.15) is 32.6 Å². The van der Waals surface area contributed by atoms with Gasteiger partial charge in [-0.1, -0.05) is 11.8 Å². The van der Waals surface area contributed by atoms with Crippen LogP contribution >= 0.6 is 11.8 Å². The summed E-state index contributed by atoms with van der Waals surface area (Å²) in [4.78, 5) is 0. The summed E-state index contributed by atoms with van der Waals surface area (Å²) in [7, 11) is 0. The monoisotopic (exact) mass is 214 g/mol. The maximum absolute atomic E-state index is 5.76. The quantitative estimate of drug-likeness (QED) is 0.771. The fourth-order valence-corrected chi connectivity index (χ4v) is 2.03. The number of rotatable bonds is 4. The van der Waals surface area contributed by atoms with Crippen molar-refractivity contribution in [3.8, 4) is 0 Å². The number of hydrogen-bond donors (Lipinski definition) is 1. The van der Waals surface area contributed by atoms with Gasteiger partial charge in [-0.15, -0.1) is 10.2 Å². The lowest BCUT2D eigenvalue weighted by Gasteiger charge is -2.13. The molecule has 0 aliphatic carbocycles. The molecule has 0 aliphatic heterocycles. The summed E-state index contributed by atoms with van der Waals surface area (Å²) in [5.41, 5.74) is 5.76. The standard InChI is InChI=1S/C9H18N4S/c1-6(2)13-8(5-7(3)10)11-12-9(13)14-4/h6-7H,5,10H2,1-4H3. The minimum absolute atomic E-state index is 0.131. The molecular weight excluding hydrogens is 196 g/mol. The van der Waals surface area contributed by atoms with Gasteiger partial charge in [0.1, 0.15) is 5.82 Å². The van der Waals surface area contributed by atoms with Gasteiger partial charge in [0.25, 0.3) is 0 Å². The number of aromatic nitrogens is 3. The van der Waals surface area contributed by atoms with E-state index < -0.39 is 0 Å². The summed E-state index contributed by atoms with van der Waals surface area (Å²) >= 11 is 1.62. The molecule has 0 bridgehead atoms. The molecule has 0 aliphatic rings. The van der Waals surface area contributed by atoms with E-state index in [1.807, 2.05) is 13.2 Å². The minimum atomic E-state index is 0.131. The van der Waals surface area contributed by atoms with Crippen LogP contribution in [0.15, 0.2) is 5.16 Å². The first kappa shape index (κ1) is 11.5. The van der Waals surface area contributed by atoms with Crippen molar-refractivity contribution < 1.29 is 0 Å². The highest BCUT2D eigenvalue weighted by Crippen LogP contribution is 2.19. The lowest BCUT2D eigenvalue weighted by molar-refractivity contribution is 0.515. The molecule has 80 valence electrons. The van der Waals surface area contributed by atoms with Crippen molar-refractivity contribution in [2.24, 2.45) is 5.73 Å². The fourth-order valence-electron chi connectivity index (χ4n) is 1.39. The van der Waals surface area contributed by atoms with Crippen molar-refractivity contribution in [2.45, 2.75) is 44.4 Å². The van der Waals surface area contributed by atoms with Crippen LogP contribution < -0.4 is 5.73 Å². The molecule has 0 amide bonds. The second-order valence-electron chi connectivity index (χ2n) is 3.75. The molecule has 1 atom stereocenters. The van der Waals surface area contributed by atoms with Gasteiger partial charge in [-0.3, -0.25) is 0 Å². The van der Waals surface area contributed by atoms with Gasteiger partial charge in [-0.25, -0.2) is 0 Å². The van der Waals surface area contributed by atoms with Crippen LogP contribution in [0.4, 0.5) is 0 Å². The molecule has 0 fully saturated rings. The largest absolute Gasteiger partial charge is 0.328 e. The summed E-state index contributed by atoms with van der Waals surface area (Å²) < 4.78 is 2.15. The van der Waals surface area contributed by atoms with Crippen LogP contribution in [0.25, 0.3) is 0 Å². The molecule has 0 saturated heterocycles. The molecule has 1 unspecified atom stereocenters. The van der Waals surface area contributed by atoms with E-state index in [1.165, 1.54) is 0 Å². The molecule has 0 saturated carbocycles. The molecule has 1 rings (SSSR count). The Morgan fingerprint density at radius 2 is 2.00 bits per heavy atom. The highest BCUT2D eigenvalue weighted by molar-refractivity contribution is 7.98. The van der Waals surface area contributed by atoms with Gasteiger partial charge >= 0.3 is 0 Å². The van der Waals surface area contributed by atoms with E-state index in [4.69, 9.17) is 5.73 Å². The normalized spacial score (nSPS) is 13.6. The molecule has 0 spiro atoms. The SMILES string of the molecule is CSc1nnc(CC(C)N)n1C(C)C. The second-order valence-corrected chi connectivity index (χ2v) is 4.52. The van der Waals surface area contributed by atoms with Gasteiger partial charge in [0.15, 0.2) is 5.16 Å². The Hall–Kier alpha value is -0.550. The van der Waals surface area contributed by atoms with Crippen molar-refractivity contribution in [3.63, 3.8) is 0 Å². The van der Waals surface area contributed by atoms with Crippen LogP contribution in [0, 0.1) is 0 Å². The van der Waals surface area contributed by atoms with Crippen molar-refractivity contribution in [1.82, 2.24) is 14.8 Å². The topological polar surface area (TPSA) is 56.7 Å². The van der Waals surface area contributed by atoms with E-state index >= 15 is 0 Å². The molecule has 14 heavy (non-hydrogen) atoms. The van der Waals surface area contributed by atoms with E-state index in [2.05, 4.69) is 28.6 Å². The summed E-state index contributed by atoms with van der Waals surface area (Å²) in [6.07, 6.45) is 2.80. The molecule has 0 radical (unpaired) electrons. The predicted molar refractivity (Wildman–Crippen MR) is 59.5 cm³/mol. The second kappa shape index (κ2) is 4.79. The molecule has 4 nitrogen and oxygen atoms in total. The molecule has 1 aromatic rings. The maximum atomic E-state index is 5.76. The summed E-state index contributed by atoms with van der Waals surface area (Å²) in [6.45, 7) is 6.25. The first-order chi connectivity index (χ1) is 6.56. The lowest BCUT2D eigenvalue weighted by Crippen LogP contribution is -2.21. The summed E-state index contributed by atoms with van der Waals surface area (Å²) in [6, 6.07) is 0.521. The van der Waals surface area contributed by atoms with Crippen molar-refractivity contribution in [3.05, 3.63) is 5.82 Å². The van der Waals surface area contributed by atoms with Gasteiger partial charge in [0, 0.05) is 18.5 Å². The summed E-state index contributed by atoms with van der Waals surface area (Å²) in [5, 5.41) is 9.26. The third kappa shape index (κ3) is 2.48. The zero-order chi connectivity index (χ0) is 10.7. The molecule has 5 heteroatoms. The van der Waals surface area contributed by atoms with Gasteiger partial charge in [0.05, 0.1) is 0 Å². The van der Waals surface area contributed by atoms with Crippen molar-refractivity contribution in [1.29, 1.82) is 0 Å². The smallest absolute Gasteiger partial charge is 0.191 e. The van der Waals surface area contributed by atoms with Gasteiger partial charge < -0.3 is 10.3 Å². The Balaban J connectivity index is 2.98. The number of hydrogen-bond acceptors (Lipinski definition) is 4. The van der Waals surface area contributed by atoms with Gasteiger partial charge in [-0.05, 0) is 27.0 Å². The number of thioether (sulfide) groups is 1. The predicted octanol–water partition coefficient (Wildman–Crippen LogP) is 1.47. The molecule has 2 N–H and O–H groups in total. The Kier molecular flexibility index (Phi) is 3.95. The highest BCUT2D eigenvalue weighted by atomic mass is 32.2. The van der Waals surface area contributed by atoms with Gasteiger partial charge in [-0.2, -0.15) is 0 Å². The van der Waals surface area contributed by atoms with Crippen LogP contribution in [-0.4, -0.2) is 27.1 Å². The third-order valence-electron chi connectivity index (χ3n) is 1.94. The number of nitrogens with two attached hydrogens (primary N) is 1. The minimum Gasteiger partial charge on any atom is -0.328 e. The zero-order valence-corrected chi connectivity index (χ0v) is 10.0. The lowest BCUT2D eigenvalue weighted by atomic mass is 10.2. The van der Waals surface area contributed by atoms with E-state index in [0.717, 1.165) is 17.4 Å². The molecule has 1 heterocycles. The zero-order valence-electron chi connectivity index (χ0n) is 9.19. The Labute approximate surface area is 89.3 Å². The maximum Gasteiger partial charge on any atom is 0.191 e. The van der Waals surface area contributed by atoms with Crippen LogP contribution in [0.3, 0.4) is 0 Å². The molecular formula is C9H18N4S. The van der Waals surface area contributed by atoms with E-state index in [0.29, 0.717) is 6.04 Å². The first-order valence-electron chi connectivity index (χ1n) is 4.79. The fraction of sp³-hybridized carbons (Fsp3) is 0.778. The van der Waals surface area contributed by atoms with Gasteiger partial charge in [0.2, 0.25) is 0 Å². The highest BCUT2D eigenvalue weighted by Gasteiger charge is 2.14. The molecule has 1 aromatic heterocycles. The summed E-state index contributed by atoms with van der Waals surface area (Å²) in [5.74, 6) is 0.986. The Morgan fingerprint density at radius 1 is 1.36 bits per heavy atom. The van der Waals surface area contributed by atoms with Crippen molar-refractivity contribution in [2.75, 3.05) is 6.26 Å². The van der Waals surface area contributed by atoms with E-state index in [-0.39, 0.29) is 6.04 Å². The van der Waals surface area contributed by atoms with E-state index in [9.17, 15) is 0 Å². The average Bonchev–Trinajstić information content (AvgIpc) is 2.46. The Morgan fingerprint density at radius 3 is 2.43 bits per heavy atom. The van der Waals surface area contributed by atoms with Crippen LogP contribution in [0.2, 0.25) is 0 Å². The Bertz CT molecular complexity index is 293. The van der Waals surface area contributed by atoms with E-state index in [1.54, 1.807) is 11.8 Å². The average molecular weight is 214 g/mol. The third-order valence-corrected chi connectivity index (χ3v) is 2.58. The van der Waals surface area contributed by atoms with Crippen molar-refractivity contribution >= 4 is 11.8 Å². The number of nitrogens with zero attached hydrogens (tertiary/aromatic N) is 3. The van der Waals surface area contributed by atoms with Crippen LogP contribution in [-0.2, 0) is 6.42 Å². The molecule has 0 aromatic carbocycles. The first-order valence-corrected chi connectivity index (χ1v) is 6.02. The van der Waals surface area contributed by atoms with Crippen LogP contribution in [0.5, 0.6) is 0 Å².